The minimum absolute atomic E-state index is 0.0101. The second-order valence-electron chi connectivity index (χ2n) is 7.17. The van der Waals surface area contributed by atoms with Gasteiger partial charge in [0.25, 0.3) is 17.4 Å². The van der Waals surface area contributed by atoms with Crippen LogP contribution in [-0.2, 0) is 20.1 Å². The van der Waals surface area contributed by atoms with Gasteiger partial charge in [-0.05, 0) is 35.9 Å². The fourth-order valence-corrected chi connectivity index (χ4v) is 3.88. The van der Waals surface area contributed by atoms with Gasteiger partial charge >= 0.3 is 6.18 Å². The average Bonchev–Trinajstić information content (AvgIpc) is 3.35. The molecule has 2 N–H and O–H groups in total. The molecule has 0 saturated carbocycles. The largest absolute Gasteiger partial charge is 0.435 e. The van der Waals surface area contributed by atoms with E-state index in [0.717, 1.165) is 12.1 Å². The summed E-state index contributed by atoms with van der Waals surface area (Å²) in [6.07, 6.45) is -5.42. The highest BCUT2D eigenvalue weighted by molar-refractivity contribution is 6.34. The number of hydroxylamine groups is 1. The Balaban J connectivity index is 1.55. The normalized spacial score (nSPS) is 22.8. The Morgan fingerprint density at radius 2 is 1.81 bits per heavy atom. The molecule has 7 nitrogen and oxygen atoms in total. The molecule has 1 fully saturated rings. The van der Waals surface area contributed by atoms with Gasteiger partial charge in [-0.3, -0.25) is 14.4 Å². The summed E-state index contributed by atoms with van der Waals surface area (Å²) in [6, 6.07) is 8.46. The Morgan fingerprint density at radius 3 is 2.38 bits per heavy atom. The number of hydrogen-bond acceptors (Lipinski definition) is 5. The fourth-order valence-electron chi connectivity index (χ4n) is 3.35. The second-order valence-corrected chi connectivity index (χ2v) is 8.04. The van der Waals surface area contributed by atoms with Gasteiger partial charge in [-0.15, -0.1) is 0 Å². The van der Waals surface area contributed by atoms with Crippen LogP contribution in [0.3, 0.4) is 0 Å². The van der Waals surface area contributed by atoms with Crippen molar-refractivity contribution < 1.29 is 32.4 Å². The summed E-state index contributed by atoms with van der Waals surface area (Å²) in [7, 11) is 0. The van der Waals surface area contributed by atoms with Crippen LogP contribution in [0.1, 0.15) is 27.9 Å². The smallest absolute Gasteiger partial charge is 0.374 e. The van der Waals surface area contributed by atoms with Crippen LogP contribution < -0.4 is 10.8 Å². The number of benzene rings is 2. The van der Waals surface area contributed by atoms with E-state index in [9.17, 15) is 22.8 Å². The lowest BCUT2D eigenvalue weighted by molar-refractivity contribution is -0.275. The number of halogens is 5. The van der Waals surface area contributed by atoms with Crippen molar-refractivity contribution in [3.8, 4) is 0 Å². The van der Waals surface area contributed by atoms with E-state index in [0.29, 0.717) is 5.56 Å². The number of hydrogen-bond donors (Lipinski definition) is 2. The molecule has 0 radical (unpaired) electrons. The zero-order valence-electron chi connectivity index (χ0n) is 16.0. The molecule has 2 aromatic rings. The highest BCUT2D eigenvalue weighted by Crippen LogP contribution is 2.49. The predicted molar refractivity (Wildman–Crippen MR) is 108 cm³/mol. The van der Waals surface area contributed by atoms with Gasteiger partial charge in [0, 0.05) is 27.6 Å². The van der Waals surface area contributed by atoms with E-state index in [2.05, 4.69) is 16.0 Å². The maximum absolute atomic E-state index is 14.1. The number of amides is 2. The Bertz CT molecular complexity index is 1090. The molecular formula is C20H14Cl2F3N3O4. The number of carbonyl (C=O) groups excluding carboxylic acids is 2. The summed E-state index contributed by atoms with van der Waals surface area (Å²) < 4.78 is 42.2. The lowest BCUT2D eigenvalue weighted by Gasteiger charge is -2.29. The third-order valence-electron chi connectivity index (χ3n) is 5.04. The highest BCUT2D eigenvalue weighted by Gasteiger charge is 2.62. The molecule has 2 amide bonds. The van der Waals surface area contributed by atoms with Gasteiger partial charge in [0.05, 0.1) is 5.71 Å². The van der Waals surface area contributed by atoms with Crippen LogP contribution in [0.5, 0.6) is 0 Å². The molecule has 2 aromatic carbocycles. The summed E-state index contributed by atoms with van der Waals surface area (Å²) in [5.41, 5.74) is -0.318. The quantitative estimate of drug-likeness (QED) is 0.687. The maximum atomic E-state index is 14.1. The molecular weight excluding hydrogens is 474 g/mol. The first-order valence-corrected chi connectivity index (χ1v) is 9.96. The van der Waals surface area contributed by atoms with Gasteiger partial charge < -0.3 is 10.2 Å². The van der Waals surface area contributed by atoms with Gasteiger partial charge in [-0.1, -0.05) is 40.5 Å². The number of oxime groups is 1. The molecule has 168 valence electrons. The molecule has 0 aliphatic carbocycles. The van der Waals surface area contributed by atoms with E-state index in [4.69, 9.17) is 32.9 Å². The van der Waals surface area contributed by atoms with Gasteiger partial charge in [-0.2, -0.15) is 13.2 Å². The van der Waals surface area contributed by atoms with Gasteiger partial charge in [0.15, 0.2) is 0 Å². The third kappa shape index (κ3) is 4.13. The van der Waals surface area contributed by atoms with Crippen LogP contribution in [0.4, 0.5) is 13.2 Å². The van der Waals surface area contributed by atoms with Crippen LogP contribution in [-0.4, -0.2) is 36.4 Å². The minimum atomic E-state index is -4.81. The number of rotatable bonds is 4. The van der Waals surface area contributed by atoms with Crippen molar-refractivity contribution in [2.24, 2.45) is 5.16 Å². The van der Waals surface area contributed by atoms with Crippen LogP contribution in [0.2, 0.25) is 10.0 Å². The zero-order chi connectivity index (χ0) is 23.1. The molecule has 2 aliphatic rings. The average molecular weight is 488 g/mol. The van der Waals surface area contributed by atoms with Crippen LogP contribution in [0.25, 0.3) is 0 Å². The Labute approximate surface area is 189 Å². The van der Waals surface area contributed by atoms with E-state index in [-0.39, 0.29) is 33.5 Å². The van der Waals surface area contributed by atoms with E-state index >= 15 is 0 Å². The summed E-state index contributed by atoms with van der Waals surface area (Å²) >= 11 is 11.8. The van der Waals surface area contributed by atoms with Crippen molar-refractivity contribution >= 4 is 40.7 Å². The number of carbonyl (C=O) groups is 2. The van der Waals surface area contributed by atoms with Crippen LogP contribution in [0.15, 0.2) is 47.6 Å². The van der Waals surface area contributed by atoms with Crippen molar-refractivity contribution in [1.82, 2.24) is 10.8 Å². The molecule has 1 saturated heterocycles. The molecule has 0 spiro atoms. The van der Waals surface area contributed by atoms with Crippen molar-refractivity contribution in [1.29, 1.82) is 0 Å². The van der Waals surface area contributed by atoms with Crippen molar-refractivity contribution in [3.05, 3.63) is 69.2 Å². The summed E-state index contributed by atoms with van der Waals surface area (Å²) in [5.74, 6) is -1.01. The first-order chi connectivity index (χ1) is 15.1. The topological polar surface area (TPSA) is 89.0 Å². The van der Waals surface area contributed by atoms with E-state index < -0.39 is 36.1 Å². The monoisotopic (exact) mass is 487 g/mol. The van der Waals surface area contributed by atoms with Gasteiger partial charge in [0.2, 0.25) is 0 Å². The van der Waals surface area contributed by atoms with Gasteiger partial charge in [0.1, 0.15) is 12.6 Å². The molecule has 32 heavy (non-hydrogen) atoms. The number of nitrogens with one attached hydrogen (secondary N) is 2. The molecule has 0 aromatic heterocycles. The van der Waals surface area contributed by atoms with Crippen molar-refractivity contribution in [3.63, 3.8) is 0 Å². The lowest BCUT2D eigenvalue weighted by Crippen LogP contribution is -2.42. The molecule has 2 unspecified atom stereocenters. The van der Waals surface area contributed by atoms with Crippen LogP contribution >= 0.6 is 23.2 Å². The second kappa shape index (κ2) is 8.27. The van der Waals surface area contributed by atoms with E-state index in [1.54, 1.807) is 0 Å². The summed E-state index contributed by atoms with van der Waals surface area (Å²) in [5, 5.41) is 6.23. The lowest BCUT2D eigenvalue weighted by atomic mass is 9.86. The molecule has 2 heterocycles. The molecule has 2 aliphatic heterocycles. The fraction of sp³-hybridized carbons (Fsp3) is 0.250. The molecule has 2 atom stereocenters. The Kier molecular flexibility index (Phi) is 5.78. The van der Waals surface area contributed by atoms with Gasteiger partial charge in [-0.25, -0.2) is 5.48 Å². The number of alkyl halides is 3. The van der Waals surface area contributed by atoms with E-state index in [1.165, 1.54) is 30.3 Å². The first-order valence-electron chi connectivity index (χ1n) is 9.20. The SMILES string of the molecule is O=C(NC1CONC1=O)c1ccc(C2=NOC(c3cc(Cl)cc(Cl)c3)(C(F)(F)F)C2)cc1. The Hall–Kier alpha value is -2.82. The van der Waals surface area contributed by atoms with Crippen LogP contribution in [0, 0.1) is 0 Å². The Morgan fingerprint density at radius 1 is 1.16 bits per heavy atom. The summed E-state index contributed by atoms with van der Waals surface area (Å²) in [4.78, 5) is 33.5. The molecule has 0 bridgehead atoms. The predicted octanol–water partition coefficient (Wildman–Crippen LogP) is 3.74. The van der Waals surface area contributed by atoms with Crippen molar-refractivity contribution in [2.45, 2.75) is 24.2 Å². The molecule has 4 rings (SSSR count). The standard InChI is InChI=1S/C20H14Cl2F3N3O4/c21-13-5-12(6-14(22)7-13)19(20(23,24)25)8-15(27-32-19)10-1-3-11(4-2-10)17(29)26-16-9-31-28-18(16)30/h1-7,16H,8-9H2,(H,26,29)(H,28,30). The minimum Gasteiger partial charge on any atom is -0.374 e. The highest BCUT2D eigenvalue weighted by atomic mass is 35.5. The first kappa shape index (κ1) is 22.4. The third-order valence-corrected chi connectivity index (χ3v) is 5.48. The van der Waals surface area contributed by atoms with E-state index in [1.807, 2.05) is 0 Å². The molecule has 12 heteroatoms. The number of nitrogens with zero attached hydrogens (tertiary/aromatic N) is 1. The summed E-state index contributed by atoms with van der Waals surface area (Å²) in [6.45, 7) is -0.0101. The zero-order valence-corrected chi connectivity index (χ0v) is 17.5. The van der Waals surface area contributed by atoms with Crippen molar-refractivity contribution in [2.75, 3.05) is 6.61 Å². The maximum Gasteiger partial charge on any atom is 0.435 e.